The topological polar surface area (TPSA) is 9.23 Å². The minimum absolute atomic E-state index is 0.431. The first-order chi connectivity index (χ1) is 3.30. The molecule has 0 aromatic rings. The van der Waals surface area contributed by atoms with Crippen LogP contribution in [0, 0.1) is 0 Å². The summed E-state index contributed by atoms with van der Waals surface area (Å²) in [5.74, 6) is 0. The van der Waals surface area contributed by atoms with E-state index >= 15 is 0 Å². The lowest BCUT2D eigenvalue weighted by Gasteiger charge is -2.02. The van der Waals surface area contributed by atoms with Crippen LogP contribution in [0.2, 0.25) is 0 Å². The van der Waals surface area contributed by atoms with Crippen molar-refractivity contribution in [2.45, 2.75) is 24.3 Å². The van der Waals surface area contributed by atoms with Crippen LogP contribution in [0.5, 0.6) is 0 Å². The van der Waals surface area contributed by atoms with Gasteiger partial charge in [0.2, 0.25) is 0 Å². The highest BCUT2D eigenvalue weighted by molar-refractivity contribution is 9.09. The van der Waals surface area contributed by atoms with Crippen LogP contribution < -0.4 is 0 Å². The first-order valence-electron chi connectivity index (χ1n) is 2.56. The van der Waals surface area contributed by atoms with Crippen molar-refractivity contribution in [2.75, 3.05) is 6.61 Å². The smallest absolute Gasteiger partial charge is 0.0672 e. The van der Waals surface area contributed by atoms with Gasteiger partial charge in [0, 0.05) is 11.4 Å². The molecule has 1 heterocycles. The molecule has 2 heteroatoms. The summed E-state index contributed by atoms with van der Waals surface area (Å²) in [5, 5.41) is 0. The average molecular weight is 165 g/mol. The lowest BCUT2D eigenvalue weighted by Crippen LogP contribution is -2.08. The Morgan fingerprint density at radius 1 is 1.71 bits per heavy atom. The van der Waals surface area contributed by atoms with E-state index in [1.807, 2.05) is 0 Å². The molecule has 1 rings (SSSR count). The van der Waals surface area contributed by atoms with Gasteiger partial charge in [0.1, 0.15) is 0 Å². The van der Waals surface area contributed by atoms with Crippen LogP contribution in [0.25, 0.3) is 0 Å². The fourth-order valence-corrected chi connectivity index (χ4v) is 1.05. The van der Waals surface area contributed by atoms with Crippen molar-refractivity contribution >= 4 is 15.9 Å². The molecular formula is C5H9BrO. The summed E-state index contributed by atoms with van der Waals surface area (Å²) >= 11 is 3.48. The molecule has 1 saturated heterocycles. The van der Waals surface area contributed by atoms with E-state index in [9.17, 15) is 0 Å². The Labute approximate surface area is 52.2 Å². The zero-order valence-corrected chi connectivity index (χ0v) is 5.94. The highest BCUT2D eigenvalue weighted by Gasteiger charge is 2.20. The molecule has 1 fully saturated rings. The van der Waals surface area contributed by atoms with Gasteiger partial charge in [0.25, 0.3) is 0 Å². The molecule has 0 aromatic carbocycles. The molecule has 1 aliphatic heterocycles. The van der Waals surface area contributed by atoms with Crippen LogP contribution in [0.4, 0.5) is 0 Å². The van der Waals surface area contributed by atoms with Gasteiger partial charge in [-0.15, -0.1) is 0 Å². The van der Waals surface area contributed by atoms with Crippen LogP contribution in [0.1, 0.15) is 13.3 Å². The summed E-state index contributed by atoms with van der Waals surface area (Å²) in [4.78, 5) is 0.604. The summed E-state index contributed by atoms with van der Waals surface area (Å²) in [5.41, 5.74) is 0. The van der Waals surface area contributed by atoms with Crippen molar-refractivity contribution in [2.24, 2.45) is 0 Å². The normalized spacial score (nSPS) is 42.0. The lowest BCUT2D eigenvalue weighted by molar-refractivity contribution is 0.128. The molecular weight excluding hydrogens is 156 g/mol. The van der Waals surface area contributed by atoms with E-state index in [1.54, 1.807) is 0 Å². The van der Waals surface area contributed by atoms with E-state index in [2.05, 4.69) is 22.9 Å². The molecule has 42 valence electrons. The Morgan fingerprint density at radius 2 is 2.43 bits per heavy atom. The van der Waals surface area contributed by atoms with E-state index in [1.165, 1.54) is 6.42 Å². The SMILES string of the molecule is C[C@@H]1OCC[C@H]1Br. The van der Waals surface area contributed by atoms with Gasteiger partial charge in [0.15, 0.2) is 0 Å². The molecule has 0 saturated carbocycles. The second-order valence-electron chi connectivity index (χ2n) is 1.88. The van der Waals surface area contributed by atoms with Crippen molar-refractivity contribution in [1.29, 1.82) is 0 Å². The fourth-order valence-electron chi connectivity index (χ4n) is 0.706. The van der Waals surface area contributed by atoms with E-state index in [0.717, 1.165) is 6.61 Å². The average Bonchev–Trinajstić information content (AvgIpc) is 1.91. The third-order valence-corrected chi connectivity index (χ3v) is 2.49. The molecule has 1 nitrogen and oxygen atoms in total. The van der Waals surface area contributed by atoms with Crippen LogP contribution in [0.3, 0.4) is 0 Å². The minimum Gasteiger partial charge on any atom is -0.377 e. The highest BCUT2D eigenvalue weighted by Crippen LogP contribution is 2.19. The van der Waals surface area contributed by atoms with E-state index in [0.29, 0.717) is 10.9 Å². The Balaban J connectivity index is 2.33. The van der Waals surface area contributed by atoms with Crippen molar-refractivity contribution in [3.63, 3.8) is 0 Å². The van der Waals surface area contributed by atoms with Gasteiger partial charge in [-0.2, -0.15) is 0 Å². The predicted molar refractivity (Wildman–Crippen MR) is 32.7 cm³/mol. The van der Waals surface area contributed by atoms with E-state index in [-0.39, 0.29) is 0 Å². The molecule has 0 aromatic heterocycles. The summed E-state index contributed by atoms with van der Waals surface area (Å²) in [6, 6.07) is 0. The third-order valence-electron chi connectivity index (χ3n) is 1.28. The Morgan fingerprint density at radius 3 is 2.57 bits per heavy atom. The van der Waals surface area contributed by atoms with Crippen LogP contribution in [-0.2, 0) is 4.74 Å². The standard InChI is InChI=1S/C5H9BrO/c1-4-5(6)2-3-7-4/h4-5H,2-3H2,1H3/t4-,5+/m0/s1. The number of alkyl halides is 1. The molecule has 0 N–H and O–H groups in total. The van der Waals surface area contributed by atoms with Crippen LogP contribution >= 0.6 is 15.9 Å². The number of rotatable bonds is 0. The van der Waals surface area contributed by atoms with Gasteiger partial charge in [0.05, 0.1) is 6.10 Å². The third kappa shape index (κ3) is 1.16. The summed E-state index contributed by atoms with van der Waals surface area (Å²) in [6.07, 6.45) is 1.60. The van der Waals surface area contributed by atoms with Crippen molar-refractivity contribution < 1.29 is 4.74 Å². The van der Waals surface area contributed by atoms with Crippen LogP contribution in [-0.4, -0.2) is 17.5 Å². The summed E-state index contributed by atoms with van der Waals surface area (Å²) in [6.45, 7) is 3.02. The zero-order chi connectivity index (χ0) is 5.28. The molecule has 0 radical (unpaired) electrons. The van der Waals surface area contributed by atoms with Gasteiger partial charge in [-0.3, -0.25) is 0 Å². The van der Waals surface area contributed by atoms with E-state index < -0.39 is 0 Å². The quantitative estimate of drug-likeness (QED) is 0.495. The second-order valence-corrected chi connectivity index (χ2v) is 3.06. The largest absolute Gasteiger partial charge is 0.377 e. The molecule has 0 spiro atoms. The van der Waals surface area contributed by atoms with Crippen LogP contribution in [0.15, 0.2) is 0 Å². The number of hydrogen-bond donors (Lipinski definition) is 0. The molecule has 0 amide bonds. The van der Waals surface area contributed by atoms with Gasteiger partial charge in [-0.25, -0.2) is 0 Å². The van der Waals surface area contributed by atoms with Crippen molar-refractivity contribution in [3.05, 3.63) is 0 Å². The second kappa shape index (κ2) is 2.14. The maximum absolute atomic E-state index is 5.22. The van der Waals surface area contributed by atoms with Gasteiger partial charge in [-0.1, -0.05) is 15.9 Å². The van der Waals surface area contributed by atoms with Crippen molar-refractivity contribution in [1.82, 2.24) is 0 Å². The highest BCUT2D eigenvalue weighted by atomic mass is 79.9. The maximum atomic E-state index is 5.22. The van der Waals surface area contributed by atoms with Gasteiger partial charge >= 0.3 is 0 Å². The monoisotopic (exact) mass is 164 g/mol. The zero-order valence-electron chi connectivity index (χ0n) is 4.36. The minimum atomic E-state index is 0.431. The molecule has 0 aliphatic carbocycles. The first-order valence-corrected chi connectivity index (χ1v) is 3.48. The number of halogens is 1. The Hall–Kier alpha value is 0.440. The Kier molecular flexibility index (Phi) is 1.70. The maximum Gasteiger partial charge on any atom is 0.0672 e. The molecule has 0 unspecified atom stereocenters. The Bertz CT molecular complexity index is 57.1. The molecule has 0 bridgehead atoms. The predicted octanol–water partition coefficient (Wildman–Crippen LogP) is 1.56. The summed E-state index contributed by atoms with van der Waals surface area (Å²) < 4.78 is 5.22. The number of ether oxygens (including phenoxy) is 1. The van der Waals surface area contributed by atoms with Crippen molar-refractivity contribution in [3.8, 4) is 0 Å². The van der Waals surface area contributed by atoms with Gasteiger partial charge < -0.3 is 4.74 Å². The van der Waals surface area contributed by atoms with E-state index in [4.69, 9.17) is 4.74 Å². The van der Waals surface area contributed by atoms with Gasteiger partial charge in [-0.05, 0) is 13.3 Å². The molecule has 1 aliphatic rings. The fraction of sp³-hybridized carbons (Fsp3) is 1.00. The first kappa shape index (κ1) is 5.57. The lowest BCUT2D eigenvalue weighted by atomic mass is 10.3. The summed E-state index contributed by atoms with van der Waals surface area (Å²) in [7, 11) is 0. The molecule has 2 atom stereocenters. The molecule has 7 heavy (non-hydrogen) atoms. The number of hydrogen-bond acceptors (Lipinski definition) is 1.